The molecule has 2 nitrogen and oxygen atoms in total. The summed E-state index contributed by atoms with van der Waals surface area (Å²) in [6, 6.07) is 8.13. The second-order valence-corrected chi connectivity index (χ2v) is 4.88. The number of fused-ring (bicyclic) bond motifs is 1. The van der Waals surface area contributed by atoms with Crippen LogP contribution in [0.4, 0.5) is 0 Å². The van der Waals surface area contributed by atoms with E-state index in [9.17, 15) is 4.79 Å². The maximum atomic E-state index is 11.0. The zero-order valence-electron chi connectivity index (χ0n) is 8.57. The van der Waals surface area contributed by atoms with Crippen LogP contribution >= 0.6 is 15.9 Å². The molecular formula is C12H13BrO2. The van der Waals surface area contributed by atoms with Crippen LogP contribution in [0.1, 0.15) is 41.8 Å². The quantitative estimate of drug-likeness (QED) is 0.576. The monoisotopic (exact) mass is 268 g/mol. The number of hydrogen-bond donors (Lipinski definition) is 0. The summed E-state index contributed by atoms with van der Waals surface area (Å²) in [6.45, 7) is 1.46. The van der Waals surface area contributed by atoms with Crippen LogP contribution in [0.25, 0.3) is 0 Å². The molecule has 0 heterocycles. The van der Waals surface area contributed by atoms with Crippen molar-refractivity contribution >= 4 is 21.9 Å². The van der Waals surface area contributed by atoms with E-state index in [4.69, 9.17) is 4.74 Å². The van der Waals surface area contributed by atoms with E-state index < -0.39 is 0 Å². The van der Waals surface area contributed by atoms with Crippen molar-refractivity contribution in [2.45, 2.75) is 30.7 Å². The van der Waals surface area contributed by atoms with Gasteiger partial charge in [-0.15, -0.1) is 0 Å². The van der Waals surface area contributed by atoms with E-state index >= 15 is 0 Å². The van der Waals surface area contributed by atoms with Crippen LogP contribution in [0, 0.1) is 0 Å². The summed E-state index contributed by atoms with van der Waals surface area (Å²) in [4.78, 5) is 11.4. The molecule has 1 aliphatic rings. The molecule has 0 N–H and O–H groups in total. The van der Waals surface area contributed by atoms with Crippen molar-refractivity contribution in [3.63, 3.8) is 0 Å². The fraction of sp³-hybridized carbons (Fsp3) is 0.417. The molecule has 2 atom stereocenters. The van der Waals surface area contributed by atoms with Gasteiger partial charge in [-0.25, -0.2) is 0 Å². The topological polar surface area (TPSA) is 26.3 Å². The zero-order chi connectivity index (χ0) is 10.8. The van der Waals surface area contributed by atoms with Gasteiger partial charge in [0.15, 0.2) is 0 Å². The second-order valence-electron chi connectivity index (χ2n) is 3.77. The molecule has 1 aromatic carbocycles. The van der Waals surface area contributed by atoms with Gasteiger partial charge in [0.05, 0.1) is 0 Å². The number of hydrogen-bond acceptors (Lipinski definition) is 2. The molecule has 0 fully saturated rings. The van der Waals surface area contributed by atoms with Crippen LogP contribution in [-0.4, -0.2) is 5.97 Å². The van der Waals surface area contributed by atoms with Gasteiger partial charge in [-0.2, -0.15) is 0 Å². The number of ether oxygens (including phenoxy) is 1. The van der Waals surface area contributed by atoms with Crippen molar-refractivity contribution in [1.82, 2.24) is 0 Å². The van der Waals surface area contributed by atoms with Crippen LogP contribution in [0.2, 0.25) is 0 Å². The van der Waals surface area contributed by atoms with E-state index in [2.05, 4.69) is 22.0 Å². The normalized spacial score (nSPS) is 24.4. The van der Waals surface area contributed by atoms with Gasteiger partial charge in [0.25, 0.3) is 0 Å². The highest BCUT2D eigenvalue weighted by Crippen LogP contribution is 2.42. The lowest BCUT2D eigenvalue weighted by atomic mass is 9.89. The van der Waals surface area contributed by atoms with Crippen molar-refractivity contribution in [3.8, 4) is 0 Å². The SMILES string of the molecule is CC(=O)O[C@@H]1CCC(Br)c2ccccc21. The average molecular weight is 269 g/mol. The van der Waals surface area contributed by atoms with Gasteiger partial charge in [0.1, 0.15) is 6.10 Å². The Labute approximate surface area is 97.8 Å². The van der Waals surface area contributed by atoms with E-state index in [1.807, 2.05) is 18.2 Å². The molecule has 0 bridgehead atoms. The predicted molar refractivity (Wildman–Crippen MR) is 61.9 cm³/mol. The molecule has 2 rings (SSSR count). The zero-order valence-corrected chi connectivity index (χ0v) is 10.2. The van der Waals surface area contributed by atoms with Crippen molar-refractivity contribution in [1.29, 1.82) is 0 Å². The Hall–Kier alpha value is -0.830. The van der Waals surface area contributed by atoms with E-state index in [1.54, 1.807) is 0 Å². The van der Waals surface area contributed by atoms with Crippen molar-refractivity contribution in [2.24, 2.45) is 0 Å². The first kappa shape index (κ1) is 10.7. The summed E-state index contributed by atoms with van der Waals surface area (Å²) < 4.78 is 5.31. The summed E-state index contributed by atoms with van der Waals surface area (Å²) in [5.74, 6) is -0.206. The molecule has 80 valence electrons. The lowest BCUT2D eigenvalue weighted by Crippen LogP contribution is -2.16. The first-order chi connectivity index (χ1) is 7.18. The smallest absolute Gasteiger partial charge is 0.303 e. The van der Waals surface area contributed by atoms with Gasteiger partial charge in [0.2, 0.25) is 0 Å². The van der Waals surface area contributed by atoms with Gasteiger partial charge in [-0.3, -0.25) is 4.79 Å². The Morgan fingerprint density at radius 2 is 2.00 bits per heavy atom. The molecule has 1 aromatic rings. The van der Waals surface area contributed by atoms with E-state index in [1.165, 1.54) is 12.5 Å². The standard InChI is InChI=1S/C12H13BrO2/c1-8(14)15-12-7-6-11(13)9-4-2-3-5-10(9)12/h2-5,11-12H,6-7H2,1H3/t11?,12-/m1/s1. The highest BCUT2D eigenvalue weighted by Gasteiger charge is 2.26. The van der Waals surface area contributed by atoms with Crippen LogP contribution in [-0.2, 0) is 9.53 Å². The van der Waals surface area contributed by atoms with Gasteiger partial charge < -0.3 is 4.74 Å². The molecule has 0 aliphatic heterocycles. The fourth-order valence-corrected chi connectivity index (χ4v) is 2.70. The van der Waals surface area contributed by atoms with Crippen LogP contribution in [0.3, 0.4) is 0 Å². The van der Waals surface area contributed by atoms with Crippen LogP contribution in [0.15, 0.2) is 24.3 Å². The molecule has 0 amide bonds. The minimum absolute atomic E-state index is 0.0625. The largest absolute Gasteiger partial charge is 0.458 e. The molecule has 1 unspecified atom stereocenters. The molecule has 0 saturated carbocycles. The maximum Gasteiger partial charge on any atom is 0.303 e. The molecular weight excluding hydrogens is 256 g/mol. The third-order valence-corrected chi connectivity index (χ3v) is 3.62. The number of carbonyl (C=O) groups is 1. The van der Waals surface area contributed by atoms with Crippen molar-refractivity contribution in [3.05, 3.63) is 35.4 Å². The minimum atomic E-state index is -0.206. The van der Waals surface area contributed by atoms with Gasteiger partial charge in [0, 0.05) is 11.8 Å². The molecule has 0 spiro atoms. The number of halogens is 1. The Bertz CT molecular complexity index is 376. The molecule has 15 heavy (non-hydrogen) atoms. The van der Waals surface area contributed by atoms with Crippen molar-refractivity contribution < 1.29 is 9.53 Å². The Morgan fingerprint density at radius 3 is 2.67 bits per heavy atom. The summed E-state index contributed by atoms with van der Waals surface area (Å²) in [5.41, 5.74) is 2.39. The molecule has 3 heteroatoms. The lowest BCUT2D eigenvalue weighted by Gasteiger charge is -2.28. The fourth-order valence-electron chi connectivity index (χ4n) is 2.02. The average Bonchev–Trinajstić information content (AvgIpc) is 2.22. The van der Waals surface area contributed by atoms with E-state index in [-0.39, 0.29) is 12.1 Å². The minimum Gasteiger partial charge on any atom is -0.458 e. The first-order valence-electron chi connectivity index (χ1n) is 5.08. The number of alkyl halides is 1. The summed E-state index contributed by atoms with van der Waals surface area (Å²) in [6.07, 6.45) is 1.84. The number of esters is 1. The first-order valence-corrected chi connectivity index (χ1v) is 6.00. The Morgan fingerprint density at radius 1 is 1.33 bits per heavy atom. The third-order valence-electron chi connectivity index (χ3n) is 2.67. The molecule has 0 radical (unpaired) electrons. The molecule has 0 saturated heterocycles. The third kappa shape index (κ3) is 2.23. The highest BCUT2D eigenvalue weighted by atomic mass is 79.9. The van der Waals surface area contributed by atoms with Crippen LogP contribution < -0.4 is 0 Å². The summed E-state index contributed by atoms with van der Waals surface area (Å²) in [7, 11) is 0. The van der Waals surface area contributed by atoms with Gasteiger partial charge in [-0.05, 0) is 24.0 Å². The predicted octanol–water partition coefficient (Wildman–Crippen LogP) is 3.52. The number of benzene rings is 1. The Balaban J connectivity index is 2.31. The lowest BCUT2D eigenvalue weighted by molar-refractivity contribution is -0.147. The summed E-state index contributed by atoms with van der Waals surface area (Å²) >= 11 is 3.64. The van der Waals surface area contributed by atoms with Crippen molar-refractivity contribution in [2.75, 3.05) is 0 Å². The maximum absolute atomic E-state index is 11.0. The highest BCUT2D eigenvalue weighted by molar-refractivity contribution is 9.09. The van der Waals surface area contributed by atoms with Gasteiger partial charge in [-0.1, -0.05) is 40.2 Å². The number of carbonyl (C=O) groups excluding carboxylic acids is 1. The number of rotatable bonds is 1. The Kier molecular flexibility index (Phi) is 3.10. The molecule has 1 aliphatic carbocycles. The summed E-state index contributed by atoms with van der Waals surface area (Å²) in [5, 5.41) is 0. The van der Waals surface area contributed by atoms with E-state index in [0.717, 1.165) is 18.4 Å². The second kappa shape index (κ2) is 4.35. The van der Waals surface area contributed by atoms with E-state index in [0.29, 0.717) is 4.83 Å². The molecule has 0 aromatic heterocycles. The van der Waals surface area contributed by atoms with Gasteiger partial charge >= 0.3 is 5.97 Å². The van der Waals surface area contributed by atoms with Crippen LogP contribution in [0.5, 0.6) is 0 Å².